The SMILES string of the molecule is COC(=O)C(C)CN(Cc1ccccc1)C(=O)C1CC1c1ccccc1Cl. The molecular weight excluding hydrogens is 362 g/mol. The van der Waals surface area contributed by atoms with Crippen LogP contribution in [0.4, 0.5) is 0 Å². The zero-order chi connectivity index (χ0) is 19.4. The molecule has 1 fully saturated rings. The van der Waals surface area contributed by atoms with E-state index in [9.17, 15) is 9.59 Å². The fourth-order valence-electron chi connectivity index (χ4n) is 3.46. The van der Waals surface area contributed by atoms with E-state index in [0.717, 1.165) is 17.5 Å². The average molecular weight is 386 g/mol. The predicted octanol–water partition coefficient (Wildman–Crippen LogP) is 4.28. The maximum absolute atomic E-state index is 13.2. The van der Waals surface area contributed by atoms with E-state index in [1.165, 1.54) is 7.11 Å². The molecule has 142 valence electrons. The Morgan fingerprint density at radius 1 is 1.15 bits per heavy atom. The van der Waals surface area contributed by atoms with Crippen molar-refractivity contribution in [1.82, 2.24) is 4.90 Å². The minimum absolute atomic E-state index is 0.0690. The van der Waals surface area contributed by atoms with E-state index < -0.39 is 0 Å². The molecule has 0 N–H and O–H groups in total. The van der Waals surface area contributed by atoms with Gasteiger partial charge in [-0.1, -0.05) is 67.1 Å². The van der Waals surface area contributed by atoms with E-state index in [-0.39, 0.29) is 29.6 Å². The summed E-state index contributed by atoms with van der Waals surface area (Å²) in [5, 5.41) is 0.704. The van der Waals surface area contributed by atoms with Gasteiger partial charge in [0.15, 0.2) is 0 Å². The van der Waals surface area contributed by atoms with Crippen molar-refractivity contribution in [1.29, 1.82) is 0 Å². The summed E-state index contributed by atoms with van der Waals surface area (Å²) in [5.74, 6) is -0.546. The van der Waals surface area contributed by atoms with Gasteiger partial charge in [-0.25, -0.2) is 0 Å². The maximum atomic E-state index is 13.2. The Morgan fingerprint density at radius 2 is 1.81 bits per heavy atom. The number of halogens is 1. The summed E-state index contributed by atoms with van der Waals surface area (Å²) >= 11 is 6.30. The van der Waals surface area contributed by atoms with Crippen molar-refractivity contribution in [3.63, 3.8) is 0 Å². The number of nitrogens with zero attached hydrogens (tertiary/aromatic N) is 1. The lowest BCUT2D eigenvalue weighted by Crippen LogP contribution is -2.38. The lowest BCUT2D eigenvalue weighted by atomic mass is 10.1. The number of carbonyl (C=O) groups excluding carboxylic acids is 2. The molecule has 2 aromatic rings. The fourth-order valence-corrected chi connectivity index (χ4v) is 3.74. The summed E-state index contributed by atoms with van der Waals surface area (Å²) in [6, 6.07) is 17.5. The van der Waals surface area contributed by atoms with Gasteiger partial charge >= 0.3 is 5.97 Å². The largest absolute Gasteiger partial charge is 0.469 e. The molecule has 0 aromatic heterocycles. The molecule has 4 nitrogen and oxygen atoms in total. The van der Waals surface area contributed by atoms with E-state index in [0.29, 0.717) is 18.1 Å². The number of benzene rings is 2. The zero-order valence-electron chi connectivity index (χ0n) is 15.6. The Hall–Kier alpha value is -2.33. The average Bonchev–Trinajstić information content (AvgIpc) is 3.48. The van der Waals surface area contributed by atoms with Crippen molar-refractivity contribution < 1.29 is 14.3 Å². The molecule has 0 radical (unpaired) electrons. The lowest BCUT2D eigenvalue weighted by molar-refractivity contribution is -0.146. The third-order valence-electron chi connectivity index (χ3n) is 5.04. The standard InChI is InChI=1S/C22H24ClNO3/c1-15(22(26)27-2)13-24(14-16-8-4-3-5-9-16)21(25)19-12-18(19)17-10-6-7-11-20(17)23/h3-11,15,18-19H,12-14H2,1-2H3. The van der Waals surface area contributed by atoms with Gasteiger partial charge in [-0.05, 0) is 29.5 Å². The fraction of sp³-hybridized carbons (Fsp3) is 0.364. The molecule has 0 bridgehead atoms. The normalized spacial score (nSPS) is 19.2. The van der Waals surface area contributed by atoms with Crippen LogP contribution in [0.3, 0.4) is 0 Å². The van der Waals surface area contributed by atoms with E-state index >= 15 is 0 Å². The first-order valence-electron chi connectivity index (χ1n) is 9.16. The van der Waals surface area contributed by atoms with Crippen LogP contribution in [0.1, 0.15) is 30.4 Å². The minimum Gasteiger partial charge on any atom is -0.469 e. The highest BCUT2D eigenvalue weighted by molar-refractivity contribution is 6.31. The van der Waals surface area contributed by atoms with E-state index in [2.05, 4.69) is 0 Å². The van der Waals surface area contributed by atoms with Crippen LogP contribution >= 0.6 is 11.6 Å². The molecule has 1 amide bonds. The molecular formula is C22H24ClNO3. The number of ether oxygens (including phenoxy) is 1. The molecule has 0 spiro atoms. The van der Waals surface area contributed by atoms with Crippen molar-refractivity contribution >= 4 is 23.5 Å². The number of hydrogen-bond acceptors (Lipinski definition) is 3. The summed E-state index contributed by atoms with van der Waals surface area (Å²) in [4.78, 5) is 26.8. The monoisotopic (exact) mass is 385 g/mol. The first-order valence-corrected chi connectivity index (χ1v) is 9.54. The number of esters is 1. The summed E-state index contributed by atoms with van der Waals surface area (Å²) in [6.07, 6.45) is 0.792. The highest BCUT2D eigenvalue weighted by Gasteiger charge is 2.46. The van der Waals surface area contributed by atoms with E-state index in [4.69, 9.17) is 16.3 Å². The zero-order valence-corrected chi connectivity index (χ0v) is 16.4. The second kappa shape index (κ2) is 8.57. The minimum atomic E-state index is -0.375. The van der Waals surface area contributed by atoms with Gasteiger partial charge in [-0.3, -0.25) is 9.59 Å². The van der Waals surface area contributed by atoms with Crippen molar-refractivity contribution in [3.8, 4) is 0 Å². The van der Waals surface area contributed by atoms with Crippen LogP contribution in [0.2, 0.25) is 5.02 Å². The molecule has 0 heterocycles. The molecule has 3 atom stereocenters. The van der Waals surface area contributed by atoms with E-state index in [1.54, 1.807) is 11.8 Å². The molecule has 3 unspecified atom stereocenters. The van der Waals surface area contributed by atoms with Crippen LogP contribution in [-0.2, 0) is 20.9 Å². The maximum Gasteiger partial charge on any atom is 0.310 e. The van der Waals surface area contributed by atoms with Gasteiger partial charge in [0.05, 0.1) is 13.0 Å². The van der Waals surface area contributed by atoms with Gasteiger partial charge in [-0.2, -0.15) is 0 Å². The lowest BCUT2D eigenvalue weighted by Gasteiger charge is -2.25. The molecule has 1 aliphatic carbocycles. The Bertz CT molecular complexity index is 808. The van der Waals surface area contributed by atoms with E-state index in [1.807, 2.05) is 54.6 Å². The van der Waals surface area contributed by atoms with Crippen LogP contribution in [0, 0.1) is 11.8 Å². The molecule has 0 saturated heterocycles. The number of hydrogen-bond donors (Lipinski definition) is 0. The Morgan fingerprint density at radius 3 is 2.48 bits per heavy atom. The quantitative estimate of drug-likeness (QED) is 0.668. The van der Waals surface area contributed by atoms with Gasteiger partial charge < -0.3 is 9.64 Å². The van der Waals surface area contributed by atoms with Crippen LogP contribution in [0.5, 0.6) is 0 Å². The van der Waals surface area contributed by atoms with Gasteiger partial charge in [0, 0.05) is 24.0 Å². The third kappa shape index (κ3) is 4.69. The molecule has 0 aliphatic heterocycles. The number of methoxy groups -OCH3 is 1. The second-order valence-electron chi connectivity index (χ2n) is 7.10. The van der Waals surface area contributed by atoms with Crippen molar-refractivity contribution in [2.45, 2.75) is 25.8 Å². The Balaban J connectivity index is 1.75. The Kier molecular flexibility index (Phi) is 6.17. The molecule has 1 aliphatic rings. The van der Waals surface area contributed by atoms with Crippen LogP contribution < -0.4 is 0 Å². The third-order valence-corrected chi connectivity index (χ3v) is 5.38. The summed E-state index contributed by atoms with van der Waals surface area (Å²) < 4.78 is 4.83. The van der Waals surface area contributed by atoms with Gasteiger partial charge in [0.2, 0.25) is 5.91 Å². The summed E-state index contributed by atoms with van der Waals surface area (Å²) in [7, 11) is 1.37. The second-order valence-corrected chi connectivity index (χ2v) is 7.51. The van der Waals surface area contributed by atoms with Gasteiger partial charge in [0.1, 0.15) is 0 Å². The van der Waals surface area contributed by atoms with Crippen molar-refractivity contribution in [3.05, 3.63) is 70.7 Å². The van der Waals surface area contributed by atoms with Crippen LogP contribution in [0.25, 0.3) is 0 Å². The molecule has 1 saturated carbocycles. The number of carbonyl (C=O) groups is 2. The highest BCUT2D eigenvalue weighted by Crippen LogP contribution is 2.50. The summed E-state index contributed by atoms with van der Waals surface area (Å²) in [6.45, 7) is 2.61. The highest BCUT2D eigenvalue weighted by atomic mass is 35.5. The first-order chi connectivity index (χ1) is 13.0. The topological polar surface area (TPSA) is 46.6 Å². The molecule has 5 heteroatoms. The predicted molar refractivity (Wildman–Crippen MR) is 105 cm³/mol. The van der Waals surface area contributed by atoms with Crippen molar-refractivity contribution in [2.75, 3.05) is 13.7 Å². The van der Waals surface area contributed by atoms with Crippen LogP contribution in [0.15, 0.2) is 54.6 Å². The van der Waals surface area contributed by atoms with Crippen molar-refractivity contribution in [2.24, 2.45) is 11.8 Å². The smallest absolute Gasteiger partial charge is 0.310 e. The number of rotatable bonds is 7. The molecule has 2 aromatic carbocycles. The molecule has 27 heavy (non-hydrogen) atoms. The van der Waals surface area contributed by atoms with Crippen LogP contribution in [-0.4, -0.2) is 30.4 Å². The van der Waals surface area contributed by atoms with Gasteiger partial charge in [0.25, 0.3) is 0 Å². The summed E-state index contributed by atoms with van der Waals surface area (Å²) in [5.41, 5.74) is 2.07. The molecule has 3 rings (SSSR count). The number of amides is 1. The Labute approximate surface area is 165 Å². The van der Waals surface area contributed by atoms with Gasteiger partial charge in [-0.15, -0.1) is 0 Å². The first kappa shape index (κ1) is 19.4.